The number of carbonyl (C=O) groups is 1. The Kier molecular flexibility index (Phi) is 4.55. The van der Waals surface area contributed by atoms with Crippen LogP contribution < -0.4 is 5.32 Å². The van der Waals surface area contributed by atoms with Gasteiger partial charge < -0.3 is 15.0 Å². The number of hydrogen-bond acceptors (Lipinski definition) is 2. The van der Waals surface area contributed by atoms with Crippen molar-refractivity contribution < 1.29 is 9.53 Å². The van der Waals surface area contributed by atoms with E-state index in [1.165, 1.54) is 5.56 Å². The highest BCUT2D eigenvalue weighted by Crippen LogP contribution is 2.14. The van der Waals surface area contributed by atoms with E-state index in [0.29, 0.717) is 19.7 Å². The topological polar surface area (TPSA) is 41.6 Å². The van der Waals surface area contributed by atoms with Gasteiger partial charge >= 0.3 is 6.03 Å². The highest BCUT2D eigenvalue weighted by molar-refractivity contribution is 5.74. The lowest BCUT2D eigenvalue weighted by Crippen LogP contribution is -2.51. The minimum atomic E-state index is 0.0464. The number of hydrogen-bond donors (Lipinski definition) is 1. The van der Waals surface area contributed by atoms with E-state index >= 15 is 0 Å². The average Bonchev–Trinajstić information content (AvgIpc) is 3.01. The normalized spacial score (nSPS) is 22.5. The van der Waals surface area contributed by atoms with Crippen LogP contribution in [0.1, 0.15) is 18.4 Å². The Morgan fingerprint density at radius 1 is 1.24 bits per heavy atom. The molecule has 0 spiro atoms. The van der Waals surface area contributed by atoms with Crippen molar-refractivity contribution in [3.63, 3.8) is 0 Å². The van der Waals surface area contributed by atoms with Gasteiger partial charge in [-0.15, -0.1) is 0 Å². The van der Waals surface area contributed by atoms with Crippen LogP contribution in [-0.2, 0) is 11.2 Å². The molecule has 1 aliphatic heterocycles. The summed E-state index contributed by atoms with van der Waals surface area (Å²) in [5.41, 5.74) is 1.25. The van der Waals surface area contributed by atoms with Crippen LogP contribution in [0.15, 0.2) is 42.5 Å². The summed E-state index contributed by atoms with van der Waals surface area (Å²) in [5.74, 6) is 0. The van der Waals surface area contributed by atoms with Crippen LogP contribution in [0.2, 0.25) is 0 Å². The summed E-state index contributed by atoms with van der Waals surface area (Å²) in [6.07, 6.45) is 7.10. The molecule has 1 aromatic carbocycles. The van der Waals surface area contributed by atoms with Gasteiger partial charge in [-0.1, -0.05) is 42.5 Å². The van der Waals surface area contributed by atoms with Gasteiger partial charge in [-0.2, -0.15) is 0 Å². The summed E-state index contributed by atoms with van der Waals surface area (Å²) in [6.45, 7) is 1.96. The standard InChI is InChI=1S/C17H22N2O2/c20-17(18-15-8-4-5-9-15)19-10-11-21-16(13-19)12-14-6-2-1-3-7-14/h1-7,15-16H,8-13H2,(H,18,20). The third-order valence-electron chi connectivity index (χ3n) is 4.07. The molecular formula is C17H22N2O2. The van der Waals surface area contributed by atoms with Crippen LogP contribution in [0.3, 0.4) is 0 Å². The Morgan fingerprint density at radius 2 is 2.00 bits per heavy atom. The Labute approximate surface area is 125 Å². The zero-order chi connectivity index (χ0) is 14.5. The van der Waals surface area contributed by atoms with Crippen LogP contribution >= 0.6 is 0 Å². The van der Waals surface area contributed by atoms with E-state index in [1.807, 2.05) is 23.1 Å². The number of ether oxygens (including phenoxy) is 1. The molecule has 4 heteroatoms. The Bertz CT molecular complexity index is 493. The maximum Gasteiger partial charge on any atom is 0.317 e. The summed E-state index contributed by atoms with van der Waals surface area (Å²) in [6, 6.07) is 10.6. The van der Waals surface area contributed by atoms with Gasteiger partial charge in [0.15, 0.2) is 0 Å². The molecule has 1 aliphatic carbocycles. The van der Waals surface area contributed by atoms with Gasteiger partial charge in [-0.25, -0.2) is 4.79 Å². The zero-order valence-corrected chi connectivity index (χ0v) is 12.2. The maximum atomic E-state index is 12.3. The second kappa shape index (κ2) is 6.76. The second-order valence-electron chi connectivity index (χ2n) is 5.72. The van der Waals surface area contributed by atoms with Crippen LogP contribution in [0.25, 0.3) is 0 Å². The quantitative estimate of drug-likeness (QED) is 0.867. The predicted molar refractivity (Wildman–Crippen MR) is 82.2 cm³/mol. The molecule has 2 amide bonds. The van der Waals surface area contributed by atoms with Crippen LogP contribution in [0, 0.1) is 0 Å². The monoisotopic (exact) mass is 286 g/mol. The molecule has 0 bridgehead atoms. The lowest BCUT2D eigenvalue weighted by atomic mass is 10.1. The smallest absolute Gasteiger partial charge is 0.317 e. The Morgan fingerprint density at radius 3 is 2.76 bits per heavy atom. The molecule has 0 radical (unpaired) electrons. The number of benzene rings is 1. The summed E-state index contributed by atoms with van der Waals surface area (Å²) in [4.78, 5) is 14.2. The predicted octanol–water partition coefficient (Wildman–Crippen LogP) is 2.36. The number of morpholine rings is 1. The minimum Gasteiger partial charge on any atom is -0.374 e. The molecule has 3 rings (SSSR count). The van der Waals surface area contributed by atoms with Crippen molar-refractivity contribution in [2.75, 3.05) is 19.7 Å². The minimum absolute atomic E-state index is 0.0464. The van der Waals surface area contributed by atoms with E-state index in [-0.39, 0.29) is 18.2 Å². The van der Waals surface area contributed by atoms with Crippen LogP contribution in [-0.4, -0.2) is 42.8 Å². The molecule has 1 heterocycles. The van der Waals surface area contributed by atoms with Gasteiger partial charge in [-0.05, 0) is 18.4 Å². The molecule has 0 saturated carbocycles. The highest BCUT2D eigenvalue weighted by Gasteiger charge is 2.25. The molecule has 1 N–H and O–H groups in total. The van der Waals surface area contributed by atoms with E-state index in [9.17, 15) is 4.79 Å². The summed E-state index contributed by atoms with van der Waals surface area (Å²) < 4.78 is 5.80. The van der Waals surface area contributed by atoms with Gasteiger partial charge in [0, 0.05) is 25.6 Å². The molecule has 1 saturated heterocycles. The van der Waals surface area contributed by atoms with Crippen LogP contribution in [0.5, 0.6) is 0 Å². The van der Waals surface area contributed by atoms with Crippen molar-refractivity contribution in [2.45, 2.75) is 31.4 Å². The Balaban J connectivity index is 1.51. The molecule has 4 nitrogen and oxygen atoms in total. The number of nitrogens with one attached hydrogen (secondary N) is 1. The average molecular weight is 286 g/mol. The Hall–Kier alpha value is -1.81. The van der Waals surface area contributed by atoms with E-state index in [1.54, 1.807) is 0 Å². The molecule has 1 atom stereocenters. The second-order valence-corrected chi connectivity index (χ2v) is 5.72. The molecule has 2 aliphatic rings. The van der Waals surface area contributed by atoms with Gasteiger partial charge in [-0.3, -0.25) is 0 Å². The molecule has 1 aromatic rings. The number of rotatable bonds is 3. The molecule has 0 aromatic heterocycles. The van der Waals surface area contributed by atoms with Gasteiger partial charge in [0.2, 0.25) is 0 Å². The number of urea groups is 1. The van der Waals surface area contributed by atoms with E-state index < -0.39 is 0 Å². The fraction of sp³-hybridized carbons (Fsp3) is 0.471. The van der Waals surface area contributed by atoms with Crippen molar-refractivity contribution in [3.8, 4) is 0 Å². The lowest BCUT2D eigenvalue weighted by Gasteiger charge is -2.33. The fourth-order valence-corrected chi connectivity index (χ4v) is 2.91. The fourth-order valence-electron chi connectivity index (χ4n) is 2.91. The van der Waals surface area contributed by atoms with Gasteiger partial charge in [0.05, 0.1) is 12.7 Å². The first-order valence-corrected chi connectivity index (χ1v) is 7.67. The van der Waals surface area contributed by atoms with Crippen molar-refractivity contribution in [3.05, 3.63) is 48.0 Å². The van der Waals surface area contributed by atoms with Crippen molar-refractivity contribution >= 4 is 6.03 Å². The molecule has 1 fully saturated rings. The number of amides is 2. The van der Waals surface area contributed by atoms with Gasteiger partial charge in [0.25, 0.3) is 0 Å². The third-order valence-corrected chi connectivity index (χ3v) is 4.07. The lowest BCUT2D eigenvalue weighted by molar-refractivity contribution is -0.0135. The number of nitrogens with zero attached hydrogens (tertiary/aromatic N) is 1. The SMILES string of the molecule is O=C(NC1CC=CC1)N1CCOC(Cc2ccccc2)C1. The summed E-state index contributed by atoms with van der Waals surface area (Å²) in [7, 11) is 0. The molecule has 112 valence electrons. The number of carbonyl (C=O) groups excluding carboxylic acids is 1. The van der Waals surface area contributed by atoms with E-state index in [2.05, 4.69) is 29.6 Å². The van der Waals surface area contributed by atoms with Crippen molar-refractivity contribution in [2.24, 2.45) is 0 Å². The van der Waals surface area contributed by atoms with E-state index in [0.717, 1.165) is 19.3 Å². The summed E-state index contributed by atoms with van der Waals surface area (Å²) >= 11 is 0. The highest BCUT2D eigenvalue weighted by atomic mass is 16.5. The summed E-state index contributed by atoms with van der Waals surface area (Å²) in [5, 5.41) is 3.10. The molecule has 21 heavy (non-hydrogen) atoms. The first-order valence-electron chi connectivity index (χ1n) is 7.67. The van der Waals surface area contributed by atoms with Crippen molar-refractivity contribution in [1.29, 1.82) is 0 Å². The van der Waals surface area contributed by atoms with E-state index in [4.69, 9.17) is 4.74 Å². The van der Waals surface area contributed by atoms with Gasteiger partial charge in [0.1, 0.15) is 0 Å². The van der Waals surface area contributed by atoms with Crippen molar-refractivity contribution in [1.82, 2.24) is 10.2 Å². The van der Waals surface area contributed by atoms with Crippen LogP contribution in [0.4, 0.5) is 4.79 Å². The first kappa shape index (κ1) is 14.1. The molecular weight excluding hydrogens is 264 g/mol. The first-order chi connectivity index (χ1) is 10.3. The zero-order valence-electron chi connectivity index (χ0n) is 12.2. The maximum absolute atomic E-state index is 12.3. The largest absolute Gasteiger partial charge is 0.374 e. The molecule has 1 unspecified atom stereocenters. The third kappa shape index (κ3) is 3.85.